The molecule has 10 heteroatoms. The summed E-state index contributed by atoms with van der Waals surface area (Å²) in [7, 11) is 1.58. The smallest absolute Gasteiger partial charge is 0.295 e. The molecular weight excluding hydrogens is 488 g/mol. The number of nitrogens with zero attached hydrogens (tertiary/aromatic N) is 4. The fourth-order valence-corrected chi connectivity index (χ4v) is 4.73. The normalized spacial score (nSPS) is 16.8. The van der Waals surface area contributed by atoms with Crippen LogP contribution in [0, 0.1) is 10.1 Å². The highest BCUT2D eigenvalue weighted by Crippen LogP contribution is 2.40. The van der Waals surface area contributed by atoms with Gasteiger partial charge in [0.15, 0.2) is 0 Å². The number of carbonyl (C=O) groups excluding carboxylic acids is 2. The molecule has 1 saturated heterocycles. The van der Waals surface area contributed by atoms with E-state index in [1.807, 2.05) is 16.7 Å². The number of aliphatic hydroxyl groups is 1. The van der Waals surface area contributed by atoms with Gasteiger partial charge in [0.25, 0.3) is 17.4 Å². The molecule has 3 aromatic carbocycles. The molecular formula is C28H24N4O6. The molecule has 192 valence electrons. The highest BCUT2D eigenvalue weighted by molar-refractivity contribution is 6.46. The summed E-state index contributed by atoms with van der Waals surface area (Å²) in [4.78, 5) is 42.5. The van der Waals surface area contributed by atoms with E-state index in [0.717, 1.165) is 10.8 Å². The number of benzene rings is 3. The van der Waals surface area contributed by atoms with Crippen molar-refractivity contribution in [3.8, 4) is 5.75 Å². The largest absolute Gasteiger partial charge is 0.507 e. The Kier molecular flexibility index (Phi) is 6.61. The van der Waals surface area contributed by atoms with E-state index in [1.54, 1.807) is 50.1 Å². The molecule has 10 nitrogen and oxygen atoms in total. The van der Waals surface area contributed by atoms with Crippen LogP contribution in [-0.2, 0) is 16.1 Å². The summed E-state index contributed by atoms with van der Waals surface area (Å²) in [6.07, 6.45) is 5.65. The highest BCUT2D eigenvalue weighted by atomic mass is 16.6. The first-order valence-corrected chi connectivity index (χ1v) is 11.9. The Labute approximate surface area is 217 Å². The van der Waals surface area contributed by atoms with Crippen LogP contribution in [0.5, 0.6) is 5.75 Å². The number of aryl methyl sites for hydroxylation is 1. The number of non-ortho nitro benzene ring substituents is 1. The molecule has 1 aliphatic heterocycles. The van der Waals surface area contributed by atoms with E-state index in [1.165, 1.54) is 29.2 Å². The van der Waals surface area contributed by atoms with Crippen LogP contribution in [0.15, 0.2) is 85.0 Å². The summed E-state index contributed by atoms with van der Waals surface area (Å²) in [6, 6.07) is 15.5. The lowest BCUT2D eigenvalue weighted by atomic mass is 9.94. The number of aliphatic hydroxyl groups excluding tert-OH is 1. The molecule has 1 aliphatic rings. The van der Waals surface area contributed by atoms with Crippen LogP contribution in [0.1, 0.15) is 23.6 Å². The van der Waals surface area contributed by atoms with Crippen molar-refractivity contribution in [2.24, 2.45) is 0 Å². The van der Waals surface area contributed by atoms with Gasteiger partial charge in [-0.05, 0) is 53.1 Å². The number of ketones is 1. The molecule has 1 unspecified atom stereocenters. The quantitative estimate of drug-likeness (QED) is 0.121. The zero-order chi connectivity index (χ0) is 26.8. The average Bonchev–Trinajstić information content (AvgIpc) is 3.54. The van der Waals surface area contributed by atoms with Crippen molar-refractivity contribution in [1.82, 2.24) is 14.5 Å². The molecule has 1 N–H and O–H groups in total. The first kappa shape index (κ1) is 24.7. The second kappa shape index (κ2) is 10.2. The van der Waals surface area contributed by atoms with E-state index < -0.39 is 22.7 Å². The summed E-state index contributed by atoms with van der Waals surface area (Å²) in [6.45, 7) is 0.808. The van der Waals surface area contributed by atoms with Crippen molar-refractivity contribution in [3.05, 3.63) is 106 Å². The molecule has 1 atom stereocenters. The van der Waals surface area contributed by atoms with Gasteiger partial charge in [-0.2, -0.15) is 0 Å². The lowest BCUT2D eigenvalue weighted by Gasteiger charge is -2.25. The minimum Gasteiger partial charge on any atom is -0.507 e. The number of imidazole rings is 1. The molecule has 4 aromatic rings. The van der Waals surface area contributed by atoms with Crippen LogP contribution in [0.2, 0.25) is 0 Å². The monoisotopic (exact) mass is 512 g/mol. The third-order valence-electron chi connectivity index (χ3n) is 6.65. The van der Waals surface area contributed by atoms with Gasteiger partial charge < -0.3 is 19.3 Å². The average molecular weight is 513 g/mol. The lowest BCUT2D eigenvalue weighted by Crippen LogP contribution is -2.31. The van der Waals surface area contributed by atoms with Gasteiger partial charge >= 0.3 is 0 Å². The summed E-state index contributed by atoms with van der Waals surface area (Å²) in [5.41, 5.74) is 0.700. The SMILES string of the molecule is COc1ccc2cc(/C(O)=C3\C(=O)C(=O)N(CCCn4ccnc4)C3c3ccc([N+](=O)[O-])cc3)ccc2c1. The Hall–Kier alpha value is -4.99. The van der Waals surface area contributed by atoms with Crippen molar-refractivity contribution < 1.29 is 24.4 Å². The van der Waals surface area contributed by atoms with E-state index >= 15 is 0 Å². The van der Waals surface area contributed by atoms with Gasteiger partial charge in [0, 0.05) is 43.2 Å². The number of rotatable bonds is 8. The minimum absolute atomic E-state index is 0.0562. The zero-order valence-electron chi connectivity index (χ0n) is 20.5. The van der Waals surface area contributed by atoms with Crippen LogP contribution in [0.25, 0.3) is 16.5 Å². The zero-order valence-corrected chi connectivity index (χ0v) is 20.5. The van der Waals surface area contributed by atoms with Crippen molar-refractivity contribution >= 4 is 33.9 Å². The second-order valence-corrected chi connectivity index (χ2v) is 8.92. The Bertz CT molecular complexity index is 1560. The van der Waals surface area contributed by atoms with E-state index in [9.17, 15) is 24.8 Å². The van der Waals surface area contributed by atoms with Gasteiger partial charge in [-0.1, -0.05) is 18.2 Å². The Balaban J connectivity index is 1.56. The van der Waals surface area contributed by atoms with Crippen LogP contribution in [-0.4, -0.2) is 49.8 Å². The second-order valence-electron chi connectivity index (χ2n) is 8.92. The maximum absolute atomic E-state index is 13.3. The number of likely N-dealkylation sites (tertiary alicyclic amines) is 1. The molecule has 0 bridgehead atoms. The van der Waals surface area contributed by atoms with Gasteiger partial charge in [-0.15, -0.1) is 0 Å². The molecule has 0 spiro atoms. The third-order valence-corrected chi connectivity index (χ3v) is 6.65. The Morgan fingerprint density at radius 3 is 2.47 bits per heavy atom. The first-order valence-electron chi connectivity index (χ1n) is 11.9. The van der Waals surface area contributed by atoms with E-state index in [4.69, 9.17) is 4.74 Å². The molecule has 5 rings (SSSR count). The van der Waals surface area contributed by atoms with Gasteiger partial charge in [-0.3, -0.25) is 19.7 Å². The minimum atomic E-state index is -0.898. The van der Waals surface area contributed by atoms with Crippen molar-refractivity contribution in [1.29, 1.82) is 0 Å². The highest BCUT2D eigenvalue weighted by Gasteiger charge is 2.45. The number of ether oxygens (including phenoxy) is 1. The number of hydrogen-bond acceptors (Lipinski definition) is 7. The van der Waals surface area contributed by atoms with Gasteiger partial charge in [0.1, 0.15) is 11.5 Å². The third kappa shape index (κ3) is 4.59. The number of methoxy groups -OCH3 is 1. The number of Topliss-reactive ketones (excluding diaryl/α,β-unsaturated/α-hetero) is 1. The predicted octanol–water partition coefficient (Wildman–Crippen LogP) is 4.47. The Morgan fingerprint density at radius 1 is 1.05 bits per heavy atom. The lowest BCUT2D eigenvalue weighted by molar-refractivity contribution is -0.384. The summed E-state index contributed by atoms with van der Waals surface area (Å²) >= 11 is 0. The van der Waals surface area contributed by atoms with E-state index in [2.05, 4.69) is 4.98 Å². The first-order chi connectivity index (χ1) is 18.4. The number of nitro benzene ring substituents is 1. The molecule has 1 aromatic heterocycles. The van der Waals surface area contributed by atoms with Crippen LogP contribution in [0.3, 0.4) is 0 Å². The fraction of sp³-hybridized carbons (Fsp3) is 0.179. The van der Waals surface area contributed by atoms with Crippen LogP contribution < -0.4 is 4.74 Å². The van der Waals surface area contributed by atoms with E-state index in [0.29, 0.717) is 29.8 Å². The molecule has 38 heavy (non-hydrogen) atoms. The van der Waals surface area contributed by atoms with Gasteiger partial charge in [0.2, 0.25) is 0 Å². The fourth-order valence-electron chi connectivity index (χ4n) is 4.73. The van der Waals surface area contributed by atoms with Crippen molar-refractivity contribution in [2.45, 2.75) is 19.0 Å². The summed E-state index contributed by atoms with van der Waals surface area (Å²) < 4.78 is 7.13. The number of aromatic nitrogens is 2. The molecule has 0 saturated carbocycles. The van der Waals surface area contributed by atoms with Gasteiger partial charge in [-0.25, -0.2) is 4.98 Å². The van der Waals surface area contributed by atoms with Crippen LogP contribution in [0.4, 0.5) is 5.69 Å². The van der Waals surface area contributed by atoms with E-state index in [-0.39, 0.29) is 23.6 Å². The summed E-state index contributed by atoms with van der Waals surface area (Å²) in [5.74, 6) is -1.15. The van der Waals surface area contributed by atoms with Crippen molar-refractivity contribution in [2.75, 3.05) is 13.7 Å². The molecule has 0 aliphatic carbocycles. The number of carbonyl (C=O) groups is 2. The molecule has 0 radical (unpaired) electrons. The molecule has 2 heterocycles. The maximum Gasteiger partial charge on any atom is 0.295 e. The summed E-state index contributed by atoms with van der Waals surface area (Å²) in [5, 5.41) is 24.3. The number of amides is 1. The standard InChI is InChI=1S/C28H24N4O6/c1-38-23-10-7-19-15-21(4-3-20(19)16-23)26(33)24-25(18-5-8-22(9-6-18)32(36)37)31(28(35)27(24)34)13-2-12-30-14-11-29-17-30/h3-11,14-17,25,33H,2,12-13H2,1H3/b26-24+. The topological polar surface area (TPSA) is 128 Å². The molecule has 1 amide bonds. The predicted molar refractivity (Wildman–Crippen MR) is 139 cm³/mol. The maximum atomic E-state index is 13.3. The number of fused-ring (bicyclic) bond motifs is 1. The molecule has 1 fully saturated rings. The Morgan fingerprint density at radius 2 is 1.79 bits per heavy atom. The van der Waals surface area contributed by atoms with Crippen molar-refractivity contribution in [3.63, 3.8) is 0 Å². The van der Waals surface area contributed by atoms with Gasteiger partial charge in [0.05, 0.1) is 30.0 Å². The number of nitro groups is 1. The number of hydrogen-bond donors (Lipinski definition) is 1. The van der Waals surface area contributed by atoms with Crippen LogP contribution >= 0.6 is 0 Å².